The fourth-order valence-electron chi connectivity index (χ4n) is 1.61. The largest absolute Gasteiger partial charge is 0.426 e. The molecule has 0 aliphatic rings. The smallest absolute Gasteiger partial charge is 0.315 e. The average Bonchev–Trinajstić information content (AvgIpc) is 2.43. The van der Waals surface area contributed by atoms with Crippen molar-refractivity contribution in [3.05, 3.63) is 63.6 Å². The van der Waals surface area contributed by atoms with E-state index in [0.29, 0.717) is 26.9 Å². The van der Waals surface area contributed by atoms with Crippen LogP contribution in [0.25, 0.3) is 0 Å². The Kier molecular flexibility index (Phi) is 4.62. The van der Waals surface area contributed by atoms with E-state index < -0.39 is 5.97 Å². The highest BCUT2D eigenvalue weighted by Gasteiger charge is 2.08. The van der Waals surface area contributed by atoms with Gasteiger partial charge < -0.3 is 4.74 Å². The molecule has 5 heteroatoms. The van der Waals surface area contributed by atoms with Gasteiger partial charge in [-0.15, -0.1) is 0 Å². The maximum atomic E-state index is 11.8. The Morgan fingerprint density at radius 3 is 2.65 bits per heavy atom. The van der Waals surface area contributed by atoms with Gasteiger partial charge >= 0.3 is 5.97 Å². The summed E-state index contributed by atoms with van der Waals surface area (Å²) >= 11 is 11.7. The summed E-state index contributed by atoms with van der Waals surface area (Å²) in [7, 11) is 0. The zero-order valence-corrected chi connectivity index (χ0v) is 11.8. The van der Waals surface area contributed by atoms with Crippen molar-refractivity contribution in [2.24, 2.45) is 0 Å². The minimum Gasteiger partial charge on any atom is -0.426 e. The molecule has 0 fully saturated rings. The lowest BCUT2D eigenvalue weighted by atomic mass is 10.1. The molecule has 2 aromatic carbocycles. The maximum absolute atomic E-state index is 11.8. The summed E-state index contributed by atoms with van der Waals surface area (Å²) in [6.07, 6.45) is 0.0771. The lowest BCUT2D eigenvalue weighted by Crippen LogP contribution is -2.11. The van der Waals surface area contributed by atoms with Gasteiger partial charge in [0.2, 0.25) is 0 Å². The number of benzene rings is 2. The van der Waals surface area contributed by atoms with Gasteiger partial charge in [0.1, 0.15) is 5.75 Å². The summed E-state index contributed by atoms with van der Waals surface area (Å²) in [6.45, 7) is 0. The van der Waals surface area contributed by atoms with Crippen LogP contribution in [0.4, 0.5) is 0 Å². The summed E-state index contributed by atoms with van der Waals surface area (Å²) in [5.41, 5.74) is 1.14. The van der Waals surface area contributed by atoms with Crippen LogP contribution in [0.15, 0.2) is 42.5 Å². The maximum Gasteiger partial charge on any atom is 0.315 e. The fraction of sp³-hybridized carbons (Fsp3) is 0.0667. The molecule has 0 spiro atoms. The molecule has 0 aromatic heterocycles. The van der Waals surface area contributed by atoms with E-state index >= 15 is 0 Å². The molecular weight excluding hydrogens is 297 g/mol. The molecule has 0 saturated carbocycles. The Hall–Kier alpha value is -2.02. The first-order chi connectivity index (χ1) is 9.58. The summed E-state index contributed by atoms with van der Waals surface area (Å²) in [5, 5.41) is 9.60. The number of nitriles is 1. The molecule has 20 heavy (non-hydrogen) atoms. The second-order valence-electron chi connectivity index (χ2n) is 4.04. The first-order valence-corrected chi connectivity index (χ1v) is 6.49. The van der Waals surface area contributed by atoms with Crippen molar-refractivity contribution in [3.63, 3.8) is 0 Å². The number of hydrogen-bond donors (Lipinski definition) is 0. The number of nitrogens with zero attached hydrogens (tertiary/aromatic N) is 1. The lowest BCUT2D eigenvalue weighted by molar-refractivity contribution is -0.133. The van der Waals surface area contributed by atoms with E-state index in [0.717, 1.165) is 0 Å². The molecule has 0 bridgehead atoms. The molecule has 0 aliphatic heterocycles. The fourth-order valence-corrected chi connectivity index (χ4v) is 1.93. The second-order valence-corrected chi connectivity index (χ2v) is 4.85. The van der Waals surface area contributed by atoms with Crippen LogP contribution in [0.5, 0.6) is 5.75 Å². The number of hydrogen-bond acceptors (Lipinski definition) is 3. The van der Waals surface area contributed by atoms with Crippen molar-refractivity contribution in [2.45, 2.75) is 6.42 Å². The molecule has 100 valence electrons. The summed E-state index contributed by atoms with van der Waals surface area (Å²) < 4.78 is 5.16. The van der Waals surface area contributed by atoms with Gasteiger partial charge in [0.05, 0.1) is 28.1 Å². The Labute approximate surface area is 126 Å². The van der Waals surface area contributed by atoms with Crippen LogP contribution in [0.1, 0.15) is 11.1 Å². The SMILES string of the molecule is N#Cc1cccc(OC(=O)Cc2ccc(Cl)c(Cl)c2)c1. The first-order valence-electron chi connectivity index (χ1n) is 5.73. The van der Waals surface area contributed by atoms with Crippen LogP contribution in [0.2, 0.25) is 10.0 Å². The van der Waals surface area contributed by atoms with Gasteiger partial charge in [-0.2, -0.15) is 5.26 Å². The summed E-state index contributed by atoms with van der Waals surface area (Å²) in [5.74, 6) is -0.0902. The third kappa shape index (κ3) is 3.74. The molecule has 0 N–H and O–H groups in total. The first kappa shape index (κ1) is 14.4. The third-order valence-corrected chi connectivity index (χ3v) is 3.27. The zero-order valence-electron chi connectivity index (χ0n) is 10.3. The van der Waals surface area contributed by atoms with E-state index in [9.17, 15) is 4.79 Å². The average molecular weight is 306 g/mol. The van der Waals surface area contributed by atoms with Gasteiger partial charge in [-0.05, 0) is 35.9 Å². The molecule has 0 unspecified atom stereocenters. The quantitative estimate of drug-likeness (QED) is 0.636. The number of carbonyl (C=O) groups excluding carboxylic acids is 1. The Bertz CT molecular complexity index is 693. The van der Waals surface area contributed by atoms with Crippen molar-refractivity contribution < 1.29 is 9.53 Å². The molecule has 0 atom stereocenters. The van der Waals surface area contributed by atoms with E-state index in [4.69, 9.17) is 33.2 Å². The molecule has 3 nitrogen and oxygen atoms in total. The molecular formula is C15H9Cl2NO2. The lowest BCUT2D eigenvalue weighted by Gasteiger charge is -2.05. The Morgan fingerprint density at radius 2 is 1.95 bits per heavy atom. The zero-order chi connectivity index (χ0) is 14.5. The second kappa shape index (κ2) is 6.42. The van der Waals surface area contributed by atoms with Gasteiger partial charge in [0, 0.05) is 0 Å². The van der Waals surface area contributed by atoms with Gasteiger partial charge in [0.15, 0.2) is 0 Å². The van der Waals surface area contributed by atoms with Crippen LogP contribution in [0, 0.1) is 11.3 Å². The highest BCUT2D eigenvalue weighted by Crippen LogP contribution is 2.23. The highest BCUT2D eigenvalue weighted by molar-refractivity contribution is 6.42. The van der Waals surface area contributed by atoms with Crippen LogP contribution >= 0.6 is 23.2 Å². The third-order valence-electron chi connectivity index (χ3n) is 2.53. The normalized spacial score (nSPS) is 9.85. The number of halogens is 2. The monoisotopic (exact) mass is 305 g/mol. The summed E-state index contributed by atoms with van der Waals surface area (Å²) in [4.78, 5) is 11.8. The molecule has 0 radical (unpaired) electrons. The van der Waals surface area contributed by atoms with Crippen LogP contribution in [0.3, 0.4) is 0 Å². The number of carbonyl (C=O) groups is 1. The molecule has 2 rings (SSSR count). The molecule has 2 aromatic rings. The minimum absolute atomic E-state index is 0.0771. The topological polar surface area (TPSA) is 50.1 Å². The van der Waals surface area contributed by atoms with Crippen molar-refractivity contribution in [1.82, 2.24) is 0 Å². The van der Waals surface area contributed by atoms with Gasteiger partial charge in [-0.25, -0.2) is 0 Å². The number of rotatable bonds is 3. The standard InChI is InChI=1S/C15H9Cl2NO2/c16-13-5-4-10(7-14(13)17)8-15(19)20-12-3-1-2-11(6-12)9-18/h1-7H,8H2. The number of ether oxygens (including phenoxy) is 1. The highest BCUT2D eigenvalue weighted by atomic mass is 35.5. The van der Waals surface area contributed by atoms with E-state index in [1.54, 1.807) is 36.4 Å². The predicted molar refractivity (Wildman–Crippen MR) is 77.0 cm³/mol. The number of esters is 1. The van der Waals surface area contributed by atoms with E-state index in [-0.39, 0.29) is 6.42 Å². The van der Waals surface area contributed by atoms with Crippen molar-refractivity contribution in [3.8, 4) is 11.8 Å². The molecule has 0 aliphatic carbocycles. The van der Waals surface area contributed by atoms with E-state index in [1.165, 1.54) is 6.07 Å². The van der Waals surface area contributed by atoms with E-state index in [1.807, 2.05) is 6.07 Å². The van der Waals surface area contributed by atoms with E-state index in [2.05, 4.69) is 0 Å². The summed E-state index contributed by atoms with van der Waals surface area (Å²) in [6, 6.07) is 13.4. The minimum atomic E-state index is -0.432. The van der Waals surface area contributed by atoms with Crippen LogP contribution < -0.4 is 4.74 Å². The van der Waals surface area contributed by atoms with Crippen LogP contribution in [-0.4, -0.2) is 5.97 Å². The van der Waals surface area contributed by atoms with Gasteiger partial charge in [-0.1, -0.05) is 35.3 Å². The predicted octanol–water partition coefficient (Wildman–Crippen LogP) is 4.01. The van der Waals surface area contributed by atoms with Gasteiger partial charge in [0.25, 0.3) is 0 Å². The molecule has 0 amide bonds. The van der Waals surface area contributed by atoms with Crippen molar-refractivity contribution in [2.75, 3.05) is 0 Å². The van der Waals surface area contributed by atoms with Crippen molar-refractivity contribution >= 4 is 29.2 Å². The Balaban J connectivity index is 2.05. The van der Waals surface area contributed by atoms with Gasteiger partial charge in [-0.3, -0.25) is 4.79 Å². The molecule has 0 saturated heterocycles. The Morgan fingerprint density at radius 1 is 1.15 bits per heavy atom. The molecule has 0 heterocycles. The van der Waals surface area contributed by atoms with Crippen LogP contribution in [-0.2, 0) is 11.2 Å². The van der Waals surface area contributed by atoms with Crippen molar-refractivity contribution in [1.29, 1.82) is 5.26 Å².